The second-order valence-corrected chi connectivity index (χ2v) is 6.75. The molecular formula is C21H25N3O2. The molecule has 1 saturated carbocycles. The molecule has 0 radical (unpaired) electrons. The monoisotopic (exact) mass is 351 g/mol. The van der Waals surface area contributed by atoms with Gasteiger partial charge in [0, 0.05) is 23.4 Å². The summed E-state index contributed by atoms with van der Waals surface area (Å²) < 4.78 is 0. The van der Waals surface area contributed by atoms with Crippen LogP contribution < -0.4 is 10.6 Å². The van der Waals surface area contributed by atoms with Crippen LogP contribution in [0.4, 0.5) is 0 Å². The highest BCUT2D eigenvalue weighted by Crippen LogP contribution is 2.18. The van der Waals surface area contributed by atoms with Gasteiger partial charge in [-0.05, 0) is 43.2 Å². The first-order valence-corrected chi connectivity index (χ1v) is 9.31. The standard InChI is InChI=1S/C21H25N3O2/c25-20(23-15-19-12-5-6-13-22-19)16-8-7-9-17(14-16)21(26)24-18-10-3-1-2-4-11-18/h5-9,12-14,18H,1-4,10-11,15H2,(H,23,25)(H,24,26). The molecule has 1 aliphatic carbocycles. The molecule has 0 unspecified atom stereocenters. The van der Waals surface area contributed by atoms with Gasteiger partial charge in [-0.15, -0.1) is 0 Å². The van der Waals surface area contributed by atoms with Crippen LogP contribution in [0.5, 0.6) is 0 Å². The topological polar surface area (TPSA) is 71.1 Å². The molecule has 1 heterocycles. The fourth-order valence-electron chi connectivity index (χ4n) is 3.27. The third kappa shape index (κ3) is 5.15. The second-order valence-electron chi connectivity index (χ2n) is 6.75. The Labute approximate surface area is 154 Å². The number of hydrogen-bond acceptors (Lipinski definition) is 3. The summed E-state index contributed by atoms with van der Waals surface area (Å²) in [4.78, 5) is 29.1. The molecule has 0 saturated heterocycles. The third-order valence-corrected chi connectivity index (χ3v) is 4.73. The van der Waals surface area contributed by atoms with Gasteiger partial charge in [-0.2, -0.15) is 0 Å². The van der Waals surface area contributed by atoms with Crippen molar-refractivity contribution in [2.24, 2.45) is 0 Å². The van der Waals surface area contributed by atoms with E-state index in [0.29, 0.717) is 17.7 Å². The fraction of sp³-hybridized carbons (Fsp3) is 0.381. The fourth-order valence-corrected chi connectivity index (χ4v) is 3.27. The van der Waals surface area contributed by atoms with Gasteiger partial charge < -0.3 is 10.6 Å². The number of rotatable bonds is 5. The minimum Gasteiger partial charge on any atom is -0.349 e. The molecule has 3 rings (SSSR count). The van der Waals surface area contributed by atoms with E-state index >= 15 is 0 Å². The molecule has 0 aliphatic heterocycles. The molecule has 5 nitrogen and oxygen atoms in total. The normalized spacial score (nSPS) is 15.1. The first-order valence-electron chi connectivity index (χ1n) is 9.31. The Hall–Kier alpha value is -2.69. The Morgan fingerprint density at radius 3 is 2.35 bits per heavy atom. The lowest BCUT2D eigenvalue weighted by atomic mass is 10.1. The SMILES string of the molecule is O=C(NCc1ccccn1)c1cccc(C(=O)NC2CCCCCC2)c1. The average molecular weight is 351 g/mol. The Morgan fingerprint density at radius 2 is 1.65 bits per heavy atom. The summed E-state index contributed by atoms with van der Waals surface area (Å²) in [5, 5.41) is 5.96. The molecule has 2 amide bonds. The maximum absolute atomic E-state index is 12.5. The van der Waals surface area contributed by atoms with Crippen molar-refractivity contribution in [3.8, 4) is 0 Å². The molecule has 2 N–H and O–H groups in total. The van der Waals surface area contributed by atoms with Crippen molar-refractivity contribution in [2.45, 2.75) is 51.1 Å². The van der Waals surface area contributed by atoms with Crippen LogP contribution in [0.15, 0.2) is 48.7 Å². The average Bonchev–Trinajstić information content (AvgIpc) is 2.95. The summed E-state index contributed by atoms with van der Waals surface area (Å²) in [5.74, 6) is -0.309. The molecule has 136 valence electrons. The van der Waals surface area contributed by atoms with E-state index in [-0.39, 0.29) is 17.9 Å². The summed E-state index contributed by atoms with van der Waals surface area (Å²) in [5.41, 5.74) is 1.80. The molecular weight excluding hydrogens is 326 g/mol. The number of aromatic nitrogens is 1. The van der Waals surface area contributed by atoms with Gasteiger partial charge in [0.15, 0.2) is 0 Å². The molecule has 1 aromatic carbocycles. The lowest BCUT2D eigenvalue weighted by Gasteiger charge is -2.16. The maximum Gasteiger partial charge on any atom is 0.251 e. The van der Waals surface area contributed by atoms with Gasteiger partial charge in [0.2, 0.25) is 0 Å². The molecule has 2 aromatic rings. The molecule has 0 spiro atoms. The van der Waals surface area contributed by atoms with Crippen LogP contribution in [-0.4, -0.2) is 22.8 Å². The number of nitrogens with one attached hydrogen (secondary N) is 2. The predicted molar refractivity (Wildman–Crippen MR) is 101 cm³/mol. The lowest BCUT2D eigenvalue weighted by molar-refractivity contribution is 0.0933. The van der Waals surface area contributed by atoms with Gasteiger partial charge in [0.25, 0.3) is 11.8 Å². The van der Waals surface area contributed by atoms with E-state index in [0.717, 1.165) is 18.5 Å². The van der Waals surface area contributed by atoms with Crippen molar-refractivity contribution in [2.75, 3.05) is 0 Å². The molecule has 1 aliphatic rings. The summed E-state index contributed by atoms with van der Waals surface area (Å²) in [6, 6.07) is 12.7. The van der Waals surface area contributed by atoms with E-state index in [1.807, 2.05) is 18.2 Å². The molecule has 26 heavy (non-hydrogen) atoms. The Bertz CT molecular complexity index is 738. The van der Waals surface area contributed by atoms with Gasteiger partial charge in [-0.1, -0.05) is 37.8 Å². The van der Waals surface area contributed by atoms with Gasteiger partial charge >= 0.3 is 0 Å². The minimum atomic E-state index is -0.209. The van der Waals surface area contributed by atoms with E-state index < -0.39 is 0 Å². The van der Waals surface area contributed by atoms with Gasteiger partial charge in [-0.3, -0.25) is 14.6 Å². The van der Waals surface area contributed by atoms with Crippen molar-refractivity contribution >= 4 is 11.8 Å². The van der Waals surface area contributed by atoms with Crippen molar-refractivity contribution < 1.29 is 9.59 Å². The van der Waals surface area contributed by atoms with E-state index in [9.17, 15) is 9.59 Å². The first-order chi connectivity index (χ1) is 12.7. The summed E-state index contributed by atoms with van der Waals surface area (Å²) >= 11 is 0. The van der Waals surface area contributed by atoms with Crippen molar-refractivity contribution in [1.29, 1.82) is 0 Å². The summed E-state index contributed by atoms with van der Waals surface area (Å²) in [6.07, 6.45) is 8.60. The van der Waals surface area contributed by atoms with Crippen LogP contribution in [0.3, 0.4) is 0 Å². The minimum absolute atomic E-state index is 0.101. The lowest BCUT2D eigenvalue weighted by Crippen LogP contribution is -2.34. The largest absolute Gasteiger partial charge is 0.349 e. The molecule has 0 atom stereocenters. The zero-order chi connectivity index (χ0) is 18.2. The number of carbonyl (C=O) groups excluding carboxylic acids is 2. The number of carbonyl (C=O) groups is 2. The zero-order valence-corrected chi connectivity index (χ0v) is 14.9. The molecule has 0 bridgehead atoms. The molecule has 5 heteroatoms. The van der Waals surface area contributed by atoms with Crippen molar-refractivity contribution in [3.05, 3.63) is 65.5 Å². The Kier molecular flexibility index (Phi) is 6.36. The number of amides is 2. The maximum atomic E-state index is 12.5. The molecule has 1 fully saturated rings. The molecule has 1 aromatic heterocycles. The van der Waals surface area contributed by atoms with E-state index in [1.54, 1.807) is 30.5 Å². The quantitative estimate of drug-likeness (QED) is 0.811. The second kappa shape index (κ2) is 9.13. The van der Waals surface area contributed by atoms with Gasteiger partial charge in [0.05, 0.1) is 12.2 Å². The van der Waals surface area contributed by atoms with Crippen molar-refractivity contribution in [3.63, 3.8) is 0 Å². The van der Waals surface area contributed by atoms with Crippen LogP contribution in [0.1, 0.15) is 64.9 Å². The number of benzene rings is 1. The number of nitrogens with zero attached hydrogens (tertiary/aromatic N) is 1. The Morgan fingerprint density at radius 1 is 0.923 bits per heavy atom. The highest BCUT2D eigenvalue weighted by Gasteiger charge is 2.16. The zero-order valence-electron chi connectivity index (χ0n) is 14.9. The van der Waals surface area contributed by atoms with Gasteiger partial charge in [-0.25, -0.2) is 0 Å². The van der Waals surface area contributed by atoms with Crippen LogP contribution in [0.2, 0.25) is 0 Å². The summed E-state index contributed by atoms with van der Waals surface area (Å²) in [7, 11) is 0. The first kappa shape index (κ1) is 18.1. The van der Waals surface area contributed by atoms with E-state index in [1.165, 1.54) is 25.7 Å². The van der Waals surface area contributed by atoms with Crippen molar-refractivity contribution in [1.82, 2.24) is 15.6 Å². The van der Waals surface area contributed by atoms with Gasteiger partial charge in [0.1, 0.15) is 0 Å². The van der Waals surface area contributed by atoms with Crippen LogP contribution in [0, 0.1) is 0 Å². The third-order valence-electron chi connectivity index (χ3n) is 4.73. The Balaban J connectivity index is 1.59. The number of pyridine rings is 1. The highest BCUT2D eigenvalue weighted by atomic mass is 16.2. The van der Waals surface area contributed by atoms with E-state index in [4.69, 9.17) is 0 Å². The van der Waals surface area contributed by atoms with Crippen LogP contribution >= 0.6 is 0 Å². The smallest absolute Gasteiger partial charge is 0.251 e. The highest BCUT2D eigenvalue weighted by molar-refractivity contribution is 5.99. The van der Waals surface area contributed by atoms with Crippen LogP contribution in [0.25, 0.3) is 0 Å². The predicted octanol–water partition coefficient (Wildman–Crippen LogP) is 3.46. The summed E-state index contributed by atoms with van der Waals surface area (Å²) in [6.45, 7) is 0.359. The van der Waals surface area contributed by atoms with E-state index in [2.05, 4.69) is 15.6 Å². The number of hydrogen-bond donors (Lipinski definition) is 2. The van der Waals surface area contributed by atoms with Crippen LogP contribution in [-0.2, 0) is 6.54 Å².